The van der Waals surface area contributed by atoms with Crippen molar-refractivity contribution in [2.45, 2.75) is 40.7 Å². The highest BCUT2D eigenvalue weighted by Crippen LogP contribution is 2.26. The molecule has 0 radical (unpaired) electrons. The second kappa shape index (κ2) is 5.27. The molecule has 0 bridgehead atoms. The summed E-state index contributed by atoms with van der Waals surface area (Å²) in [7, 11) is 0. The highest BCUT2D eigenvalue weighted by molar-refractivity contribution is 5.53. The van der Waals surface area contributed by atoms with Crippen LogP contribution in [0.4, 0.5) is 5.69 Å². The van der Waals surface area contributed by atoms with E-state index in [4.69, 9.17) is 5.73 Å². The van der Waals surface area contributed by atoms with Gasteiger partial charge in [0.2, 0.25) is 0 Å². The molecule has 2 heterocycles. The number of hydrogen-bond donors (Lipinski definition) is 1. The fourth-order valence-electron chi connectivity index (χ4n) is 2.71. The summed E-state index contributed by atoms with van der Waals surface area (Å²) >= 11 is 0. The van der Waals surface area contributed by atoms with E-state index in [1.165, 1.54) is 19.5 Å². The fraction of sp³-hybridized carbons (Fsp3) is 0.667. The number of aryl methyl sites for hydroxylation is 1. The van der Waals surface area contributed by atoms with Gasteiger partial charge in [0.1, 0.15) is 0 Å². The van der Waals surface area contributed by atoms with E-state index >= 15 is 0 Å². The summed E-state index contributed by atoms with van der Waals surface area (Å²) in [6.45, 7) is 12.1. The third-order valence-electron chi connectivity index (χ3n) is 4.30. The van der Waals surface area contributed by atoms with Gasteiger partial charge in [0, 0.05) is 25.0 Å². The van der Waals surface area contributed by atoms with E-state index in [0.29, 0.717) is 0 Å². The van der Waals surface area contributed by atoms with E-state index in [0.717, 1.165) is 40.9 Å². The molecule has 1 aliphatic heterocycles. The maximum Gasteiger partial charge on any atom is 0.0593 e. The quantitative estimate of drug-likeness (QED) is 0.893. The molecule has 1 aromatic rings. The van der Waals surface area contributed by atoms with Crippen LogP contribution >= 0.6 is 0 Å². The molecule has 3 nitrogen and oxygen atoms in total. The minimum Gasteiger partial charge on any atom is -0.398 e. The molecule has 1 unspecified atom stereocenters. The molecule has 2 rings (SSSR count). The first kappa shape index (κ1) is 13.3. The van der Waals surface area contributed by atoms with Crippen molar-refractivity contribution in [2.75, 3.05) is 18.8 Å². The number of likely N-dealkylation sites (tertiary alicyclic amines) is 1. The summed E-state index contributed by atoms with van der Waals surface area (Å²) in [5.74, 6) is 1.63. The molecule has 0 amide bonds. The Morgan fingerprint density at radius 2 is 2.17 bits per heavy atom. The van der Waals surface area contributed by atoms with Crippen LogP contribution in [0.1, 0.15) is 37.1 Å². The number of anilines is 1. The van der Waals surface area contributed by atoms with Crippen LogP contribution in [0.15, 0.2) is 6.20 Å². The van der Waals surface area contributed by atoms with Crippen molar-refractivity contribution in [3.8, 4) is 0 Å². The summed E-state index contributed by atoms with van der Waals surface area (Å²) in [4.78, 5) is 7.06. The molecular weight excluding hydrogens is 222 g/mol. The Balaban J connectivity index is 2.05. The van der Waals surface area contributed by atoms with Gasteiger partial charge in [-0.2, -0.15) is 0 Å². The number of aromatic nitrogens is 1. The second-order valence-corrected chi connectivity index (χ2v) is 5.95. The van der Waals surface area contributed by atoms with Gasteiger partial charge in [0.05, 0.1) is 5.69 Å². The normalized spacial score (nSPS) is 20.8. The smallest absolute Gasteiger partial charge is 0.0593 e. The molecule has 0 aliphatic carbocycles. The highest BCUT2D eigenvalue weighted by Gasteiger charge is 2.25. The molecule has 18 heavy (non-hydrogen) atoms. The molecule has 0 spiro atoms. The molecule has 0 saturated carbocycles. The van der Waals surface area contributed by atoms with Crippen molar-refractivity contribution in [1.29, 1.82) is 0 Å². The average Bonchev–Trinajstić information content (AvgIpc) is 2.79. The summed E-state index contributed by atoms with van der Waals surface area (Å²) in [5.41, 5.74) is 10.4. The number of nitrogens with zero attached hydrogens (tertiary/aromatic N) is 2. The van der Waals surface area contributed by atoms with Crippen LogP contribution in [0.2, 0.25) is 0 Å². The SMILES string of the molecule is Cc1cnc(CN2CCC(C(C)C)C2)c(C)c1N. The van der Waals surface area contributed by atoms with Gasteiger partial charge in [-0.1, -0.05) is 13.8 Å². The van der Waals surface area contributed by atoms with E-state index in [2.05, 4.69) is 30.7 Å². The van der Waals surface area contributed by atoms with Crippen LogP contribution in [-0.4, -0.2) is 23.0 Å². The van der Waals surface area contributed by atoms with Gasteiger partial charge in [-0.25, -0.2) is 0 Å². The van der Waals surface area contributed by atoms with Crippen molar-refractivity contribution in [3.05, 3.63) is 23.0 Å². The van der Waals surface area contributed by atoms with E-state index in [-0.39, 0.29) is 0 Å². The molecule has 2 N–H and O–H groups in total. The lowest BCUT2D eigenvalue weighted by molar-refractivity contribution is 0.293. The standard InChI is InChI=1S/C15H25N3/c1-10(2)13-5-6-18(8-13)9-14-12(4)15(16)11(3)7-17-14/h7,10,13H,5-6,8-9H2,1-4H3,(H2,16,17). The number of nitrogen functional groups attached to an aromatic ring is 1. The molecule has 1 aliphatic rings. The number of pyridine rings is 1. The maximum atomic E-state index is 6.07. The lowest BCUT2D eigenvalue weighted by Crippen LogP contribution is -2.23. The Labute approximate surface area is 110 Å². The number of rotatable bonds is 3. The van der Waals surface area contributed by atoms with Crippen molar-refractivity contribution >= 4 is 5.69 Å². The zero-order valence-corrected chi connectivity index (χ0v) is 12.0. The van der Waals surface area contributed by atoms with Crippen LogP contribution in [-0.2, 0) is 6.54 Å². The highest BCUT2D eigenvalue weighted by atomic mass is 15.2. The Morgan fingerprint density at radius 1 is 1.44 bits per heavy atom. The first-order valence-corrected chi connectivity index (χ1v) is 6.92. The van der Waals surface area contributed by atoms with E-state index in [1.54, 1.807) is 0 Å². The fourth-order valence-corrected chi connectivity index (χ4v) is 2.71. The largest absolute Gasteiger partial charge is 0.398 e. The van der Waals surface area contributed by atoms with E-state index in [1.807, 2.05) is 13.1 Å². The lowest BCUT2D eigenvalue weighted by atomic mass is 9.95. The van der Waals surface area contributed by atoms with Crippen LogP contribution < -0.4 is 5.73 Å². The second-order valence-electron chi connectivity index (χ2n) is 5.95. The van der Waals surface area contributed by atoms with Crippen molar-refractivity contribution in [3.63, 3.8) is 0 Å². The minimum absolute atomic E-state index is 0.784. The van der Waals surface area contributed by atoms with Gasteiger partial charge in [0.25, 0.3) is 0 Å². The third-order valence-corrected chi connectivity index (χ3v) is 4.30. The van der Waals surface area contributed by atoms with Gasteiger partial charge in [0.15, 0.2) is 0 Å². The number of nitrogens with two attached hydrogens (primary N) is 1. The van der Waals surface area contributed by atoms with Crippen LogP contribution in [0, 0.1) is 25.7 Å². The van der Waals surface area contributed by atoms with Crippen molar-refractivity contribution in [1.82, 2.24) is 9.88 Å². The average molecular weight is 247 g/mol. The topological polar surface area (TPSA) is 42.2 Å². The van der Waals surface area contributed by atoms with Gasteiger partial charge in [-0.3, -0.25) is 9.88 Å². The minimum atomic E-state index is 0.784. The molecule has 1 atom stereocenters. The first-order valence-electron chi connectivity index (χ1n) is 6.92. The van der Waals surface area contributed by atoms with Gasteiger partial charge < -0.3 is 5.73 Å². The van der Waals surface area contributed by atoms with Gasteiger partial charge >= 0.3 is 0 Å². The summed E-state index contributed by atoms with van der Waals surface area (Å²) in [5, 5.41) is 0. The van der Waals surface area contributed by atoms with Gasteiger partial charge in [-0.15, -0.1) is 0 Å². The molecule has 1 fully saturated rings. The van der Waals surface area contributed by atoms with Crippen LogP contribution in [0.5, 0.6) is 0 Å². The van der Waals surface area contributed by atoms with Gasteiger partial charge in [-0.05, 0) is 49.8 Å². The van der Waals surface area contributed by atoms with Crippen LogP contribution in [0.3, 0.4) is 0 Å². The summed E-state index contributed by atoms with van der Waals surface area (Å²) < 4.78 is 0. The van der Waals surface area contributed by atoms with Crippen molar-refractivity contribution in [2.24, 2.45) is 11.8 Å². The van der Waals surface area contributed by atoms with E-state index in [9.17, 15) is 0 Å². The Kier molecular flexibility index (Phi) is 3.91. The first-order chi connectivity index (χ1) is 8.49. The summed E-state index contributed by atoms with van der Waals surface area (Å²) in [6.07, 6.45) is 3.21. The Hall–Kier alpha value is -1.09. The molecule has 3 heteroatoms. The maximum absolute atomic E-state index is 6.07. The Bertz CT molecular complexity index is 426. The predicted molar refractivity (Wildman–Crippen MR) is 76.3 cm³/mol. The third kappa shape index (κ3) is 2.66. The molecule has 1 aromatic heterocycles. The number of hydrogen-bond acceptors (Lipinski definition) is 3. The monoisotopic (exact) mass is 247 g/mol. The molecular formula is C15H25N3. The zero-order valence-electron chi connectivity index (χ0n) is 12.0. The molecule has 1 saturated heterocycles. The zero-order chi connectivity index (χ0) is 13.3. The Morgan fingerprint density at radius 3 is 2.78 bits per heavy atom. The predicted octanol–water partition coefficient (Wildman–Crippen LogP) is 2.76. The molecule has 100 valence electrons. The van der Waals surface area contributed by atoms with E-state index < -0.39 is 0 Å². The van der Waals surface area contributed by atoms with Crippen LogP contribution in [0.25, 0.3) is 0 Å². The molecule has 0 aromatic carbocycles. The lowest BCUT2D eigenvalue weighted by Gasteiger charge is -2.19. The van der Waals surface area contributed by atoms with Crippen molar-refractivity contribution < 1.29 is 0 Å². The summed E-state index contributed by atoms with van der Waals surface area (Å²) in [6, 6.07) is 0.